The zero-order valence-corrected chi connectivity index (χ0v) is 14.2. The van der Waals surface area contributed by atoms with Crippen molar-refractivity contribution in [3.63, 3.8) is 0 Å². The van der Waals surface area contributed by atoms with Gasteiger partial charge in [-0.2, -0.15) is 0 Å². The average molecular weight is 333 g/mol. The monoisotopic (exact) mass is 333 g/mol. The van der Waals surface area contributed by atoms with Crippen LogP contribution in [-0.2, 0) is 4.79 Å². The van der Waals surface area contributed by atoms with Gasteiger partial charge in [0.15, 0.2) is 0 Å². The molecule has 0 aliphatic carbocycles. The van der Waals surface area contributed by atoms with Crippen LogP contribution in [0.25, 0.3) is 0 Å². The molecule has 2 heterocycles. The molecule has 0 spiro atoms. The van der Waals surface area contributed by atoms with Crippen molar-refractivity contribution in [2.75, 3.05) is 18.5 Å². The van der Waals surface area contributed by atoms with E-state index in [1.807, 2.05) is 61.5 Å². The van der Waals surface area contributed by atoms with Gasteiger partial charge < -0.3 is 10.2 Å². The molecule has 0 unspecified atom stereocenters. The van der Waals surface area contributed by atoms with E-state index in [1.165, 1.54) is 0 Å². The third-order valence-electron chi connectivity index (χ3n) is 4.90. The minimum atomic E-state index is -0.415. The molecule has 5 nitrogen and oxygen atoms in total. The molecule has 2 aliphatic heterocycles. The summed E-state index contributed by atoms with van der Waals surface area (Å²) in [6.45, 7) is 2.40. The average Bonchev–Trinajstić information content (AvgIpc) is 2.97. The van der Waals surface area contributed by atoms with E-state index >= 15 is 0 Å². The van der Waals surface area contributed by atoms with Gasteiger partial charge in [-0.15, -0.1) is 0 Å². The van der Waals surface area contributed by atoms with Crippen molar-refractivity contribution in [3.05, 3.63) is 77.0 Å². The number of nitrogens with zero attached hydrogens (tertiary/aromatic N) is 2. The van der Waals surface area contributed by atoms with Crippen LogP contribution in [0.15, 0.2) is 65.9 Å². The van der Waals surface area contributed by atoms with Gasteiger partial charge in [-0.3, -0.25) is 9.69 Å². The first kappa shape index (κ1) is 15.4. The summed E-state index contributed by atoms with van der Waals surface area (Å²) in [6, 6.07) is 16.8. The first-order chi connectivity index (χ1) is 12.1. The second kappa shape index (κ2) is 5.77. The Hall–Kier alpha value is -3.08. The van der Waals surface area contributed by atoms with E-state index in [2.05, 4.69) is 5.32 Å². The highest BCUT2D eigenvalue weighted by Gasteiger charge is 2.43. The second-order valence-corrected chi connectivity index (χ2v) is 6.39. The molecule has 3 amide bonds. The van der Waals surface area contributed by atoms with Crippen LogP contribution in [0, 0.1) is 6.92 Å². The highest BCUT2D eigenvalue weighted by molar-refractivity contribution is 6.12. The standard InChI is InChI=1S/C20H19N3O2/c1-13-8-6-7-11-15(13)23-12-16-17(19(23)24)18(21-20(25)22(16)2)14-9-4-3-5-10-14/h3-11,18H,12H2,1-2H3,(H,21,25)/t18-/m1/s1. The summed E-state index contributed by atoms with van der Waals surface area (Å²) < 4.78 is 0. The van der Waals surface area contributed by atoms with Gasteiger partial charge in [-0.1, -0.05) is 48.5 Å². The van der Waals surface area contributed by atoms with Gasteiger partial charge in [0.1, 0.15) is 0 Å². The molecule has 1 N–H and O–H groups in total. The van der Waals surface area contributed by atoms with Crippen molar-refractivity contribution in [1.29, 1.82) is 0 Å². The summed E-state index contributed by atoms with van der Waals surface area (Å²) in [6.07, 6.45) is 0. The summed E-state index contributed by atoms with van der Waals surface area (Å²) in [7, 11) is 1.71. The molecule has 5 heteroatoms. The van der Waals surface area contributed by atoms with E-state index in [4.69, 9.17) is 0 Å². The number of carbonyl (C=O) groups is 2. The molecular weight excluding hydrogens is 314 g/mol. The lowest BCUT2D eigenvalue weighted by atomic mass is 9.96. The van der Waals surface area contributed by atoms with E-state index in [0.29, 0.717) is 12.1 Å². The molecule has 4 rings (SSSR count). The first-order valence-corrected chi connectivity index (χ1v) is 8.27. The minimum absolute atomic E-state index is 0.0509. The fourth-order valence-corrected chi connectivity index (χ4v) is 3.52. The summed E-state index contributed by atoms with van der Waals surface area (Å²) in [5, 5.41) is 2.95. The molecule has 0 radical (unpaired) electrons. The molecule has 0 aromatic heterocycles. The van der Waals surface area contributed by atoms with E-state index in [9.17, 15) is 9.59 Å². The predicted molar refractivity (Wildman–Crippen MR) is 96.0 cm³/mol. The zero-order valence-electron chi connectivity index (χ0n) is 14.2. The fourth-order valence-electron chi connectivity index (χ4n) is 3.52. The SMILES string of the molecule is Cc1ccccc1N1CC2=C(C1=O)[C@@H](c1ccccc1)NC(=O)N2C. The molecule has 126 valence electrons. The highest BCUT2D eigenvalue weighted by atomic mass is 16.2. The van der Waals surface area contributed by atoms with Crippen LogP contribution in [-0.4, -0.2) is 30.4 Å². The normalized spacial score (nSPS) is 20.0. The fraction of sp³-hybridized carbons (Fsp3) is 0.200. The maximum atomic E-state index is 13.2. The molecule has 2 aromatic rings. The number of urea groups is 1. The zero-order chi connectivity index (χ0) is 17.6. The largest absolute Gasteiger partial charge is 0.327 e. The number of anilines is 1. The molecule has 0 saturated carbocycles. The van der Waals surface area contributed by atoms with Gasteiger partial charge in [-0.05, 0) is 24.1 Å². The molecule has 0 saturated heterocycles. The van der Waals surface area contributed by atoms with Crippen molar-refractivity contribution >= 4 is 17.6 Å². The lowest BCUT2D eigenvalue weighted by molar-refractivity contribution is -0.114. The maximum Gasteiger partial charge on any atom is 0.322 e. The number of carbonyl (C=O) groups excluding carboxylic acids is 2. The topological polar surface area (TPSA) is 52.7 Å². The van der Waals surface area contributed by atoms with Gasteiger partial charge >= 0.3 is 6.03 Å². The Bertz CT molecular complexity index is 889. The summed E-state index contributed by atoms with van der Waals surface area (Å²) in [4.78, 5) is 28.9. The summed E-state index contributed by atoms with van der Waals surface area (Å²) in [5.41, 5.74) is 4.25. The third kappa shape index (κ3) is 2.39. The Balaban J connectivity index is 1.79. The minimum Gasteiger partial charge on any atom is -0.327 e. The van der Waals surface area contributed by atoms with Crippen LogP contribution in [0.1, 0.15) is 17.2 Å². The van der Waals surface area contributed by atoms with Crippen molar-refractivity contribution in [1.82, 2.24) is 10.2 Å². The molecule has 2 aliphatic rings. The Labute approximate surface area is 146 Å². The second-order valence-electron chi connectivity index (χ2n) is 6.39. The van der Waals surface area contributed by atoms with Gasteiger partial charge in [-0.25, -0.2) is 4.79 Å². The number of rotatable bonds is 2. The van der Waals surface area contributed by atoms with E-state index in [1.54, 1.807) is 16.8 Å². The van der Waals surface area contributed by atoms with Gasteiger partial charge in [0, 0.05) is 12.7 Å². The number of likely N-dealkylation sites (N-methyl/N-ethyl adjacent to an activating group) is 1. The smallest absolute Gasteiger partial charge is 0.322 e. The summed E-state index contributed by atoms with van der Waals surface area (Å²) in [5.74, 6) is -0.0509. The lowest BCUT2D eigenvalue weighted by Gasteiger charge is -2.31. The van der Waals surface area contributed by atoms with Crippen molar-refractivity contribution in [2.45, 2.75) is 13.0 Å². The Morgan fingerprint density at radius 2 is 1.68 bits per heavy atom. The Kier molecular flexibility index (Phi) is 3.57. The molecule has 2 aromatic carbocycles. The van der Waals surface area contributed by atoms with Crippen LogP contribution < -0.4 is 10.2 Å². The van der Waals surface area contributed by atoms with Crippen molar-refractivity contribution < 1.29 is 9.59 Å². The quantitative estimate of drug-likeness (QED) is 0.918. The highest BCUT2D eigenvalue weighted by Crippen LogP contribution is 2.38. The number of amides is 3. The number of hydrogen-bond acceptors (Lipinski definition) is 2. The van der Waals surface area contributed by atoms with Crippen LogP contribution in [0.3, 0.4) is 0 Å². The molecule has 0 fully saturated rings. The first-order valence-electron chi connectivity index (χ1n) is 8.27. The van der Waals surface area contributed by atoms with Crippen LogP contribution in [0.5, 0.6) is 0 Å². The molecular formula is C20H19N3O2. The number of para-hydroxylation sites is 1. The van der Waals surface area contributed by atoms with Gasteiger partial charge in [0.2, 0.25) is 0 Å². The maximum absolute atomic E-state index is 13.2. The van der Waals surface area contributed by atoms with Gasteiger partial charge in [0.05, 0.1) is 23.9 Å². The Morgan fingerprint density at radius 3 is 2.40 bits per heavy atom. The van der Waals surface area contributed by atoms with Crippen molar-refractivity contribution in [2.24, 2.45) is 0 Å². The lowest BCUT2D eigenvalue weighted by Crippen LogP contribution is -2.45. The van der Waals surface area contributed by atoms with Crippen molar-refractivity contribution in [3.8, 4) is 0 Å². The number of aryl methyl sites for hydroxylation is 1. The number of benzene rings is 2. The molecule has 1 atom stereocenters. The van der Waals surface area contributed by atoms with Crippen LogP contribution in [0.4, 0.5) is 10.5 Å². The molecule has 25 heavy (non-hydrogen) atoms. The third-order valence-corrected chi connectivity index (χ3v) is 4.90. The number of hydrogen-bond donors (Lipinski definition) is 1. The Morgan fingerprint density at radius 1 is 1.00 bits per heavy atom. The van der Waals surface area contributed by atoms with E-state index in [0.717, 1.165) is 22.5 Å². The van der Waals surface area contributed by atoms with Gasteiger partial charge in [0.25, 0.3) is 5.91 Å². The van der Waals surface area contributed by atoms with E-state index < -0.39 is 6.04 Å². The predicted octanol–water partition coefficient (Wildman–Crippen LogP) is 2.99. The van der Waals surface area contributed by atoms with E-state index in [-0.39, 0.29) is 11.9 Å². The van der Waals surface area contributed by atoms with Crippen LogP contribution >= 0.6 is 0 Å². The van der Waals surface area contributed by atoms with Crippen LogP contribution in [0.2, 0.25) is 0 Å². The number of nitrogens with one attached hydrogen (secondary N) is 1. The molecule has 0 bridgehead atoms. The summed E-state index contributed by atoms with van der Waals surface area (Å²) >= 11 is 0.